The van der Waals surface area contributed by atoms with Gasteiger partial charge in [0.15, 0.2) is 0 Å². The number of hydrogen-bond donors (Lipinski definition) is 1. The van der Waals surface area contributed by atoms with Crippen molar-refractivity contribution in [2.24, 2.45) is 0 Å². The van der Waals surface area contributed by atoms with E-state index in [1.165, 1.54) is 12.1 Å². The molecular formula is C15H12FN3O. The van der Waals surface area contributed by atoms with Gasteiger partial charge >= 0.3 is 0 Å². The number of nitrogens with one attached hydrogen (secondary N) is 1. The lowest BCUT2D eigenvalue weighted by molar-refractivity contribution is 0.102. The zero-order valence-corrected chi connectivity index (χ0v) is 10.8. The maximum Gasteiger partial charge on any atom is 0.257 e. The molecule has 0 aliphatic carbocycles. The molecule has 2 aromatic heterocycles. The first-order valence-corrected chi connectivity index (χ1v) is 6.14. The van der Waals surface area contributed by atoms with Gasteiger partial charge in [0, 0.05) is 24.3 Å². The number of imidazole rings is 1. The molecule has 100 valence electrons. The summed E-state index contributed by atoms with van der Waals surface area (Å²) in [6.07, 6.45) is 5.15. The van der Waals surface area contributed by atoms with Crippen LogP contribution in [-0.2, 0) is 0 Å². The zero-order chi connectivity index (χ0) is 14.1. The molecule has 0 fully saturated rings. The number of aromatic nitrogens is 2. The van der Waals surface area contributed by atoms with Gasteiger partial charge in [-0.2, -0.15) is 0 Å². The number of rotatable bonds is 2. The summed E-state index contributed by atoms with van der Waals surface area (Å²) in [5.41, 5.74) is 2.57. The van der Waals surface area contributed by atoms with E-state index >= 15 is 0 Å². The van der Waals surface area contributed by atoms with E-state index in [9.17, 15) is 9.18 Å². The Kier molecular flexibility index (Phi) is 2.95. The molecule has 0 unspecified atom stereocenters. The lowest BCUT2D eigenvalue weighted by Gasteiger charge is -2.08. The molecule has 0 aliphatic rings. The second-order valence-electron chi connectivity index (χ2n) is 4.52. The molecule has 20 heavy (non-hydrogen) atoms. The van der Waals surface area contributed by atoms with Crippen LogP contribution in [0.3, 0.4) is 0 Å². The van der Waals surface area contributed by atoms with Crippen molar-refractivity contribution < 1.29 is 9.18 Å². The number of halogens is 1. The highest BCUT2D eigenvalue weighted by molar-refractivity contribution is 6.04. The lowest BCUT2D eigenvalue weighted by atomic mass is 10.2. The van der Waals surface area contributed by atoms with Gasteiger partial charge in [-0.1, -0.05) is 0 Å². The van der Waals surface area contributed by atoms with E-state index < -0.39 is 0 Å². The number of amides is 1. The highest BCUT2D eigenvalue weighted by Gasteiger charge is 2.09. The average molecular weight is 269 g/mol. The van der Waals surface area contributed by atoms with Crippen molar-refractivity contribution in [3.63, 3.8) is 0 Å². The Morgan fingerprint density at radius 3 is 2.95 bits per heavy atom. The summed E-state index contributed by atoms with van der Waals surface area (Å²) in [5, 5.41) is 2.77. The van der Waals surface area contributed by atoms with Crippen LogP contribution >= 0.6 is 0 Å². The number of nitrogens with zero attached hydrogens (tertiary/aromatic N) is 2. The van der Waals surface area contributed by atoms with E-state index in [1.54, 1.807) is 48.1 Å². The fourth-order valence-corrected chi connectivity index (χ4v) is 2.02. The van der Waals surface area contributed by atoms with Gasteiger partial charge in [0.2, 0.25) is 0 Å². The number of hydrogen-bond acceptors (Lipinski definition) is 2. The monoisotopic (exact) mass is 269 g/mol. The largest absolute Gasteiger partial charge is 0.322 e. The molecule has 0 saturated carbocycles. The summed E-state index contributed by atoms with van der Waals surface area (Å²) in [4.78, 5) is 16.3. The van der Waals surface area contributed by atoms with Gasteiger partial charge in [0.1, 0.15) is 11.5 Å². The van der Waals surface area contributed by atoms with Crippen LogP contribution in [0.2, 0.25) is 0 Å². The molecule has 2 heterocycles. The number of carbonyl (C=O) groups excluding carboxylic acids is 1. The van der Waals surface area contributed by atoms with E-state index in [0.29, 0.717) is 16.8 Å². The Hall–Kier alpha value is -2.69. The van der Waals surface area contributed by atoms with E-state index in [1.807, 2.05) is 0 Å². The van der Waals surface area contributed by atoms with Crippen LogP contribution in [0.1, 0.15) is 15.9 Å². The fraction of sp³-hybridized carbons (Fsp3) is 0.0667. The van der Waals surface area contributed by atoms with Gasteiger partial charge in [-0.25, -0.2) is 9.37 Å². The number of fused-ring (bicyclic) bond motifs is 1. The van der Waals surface area contributed by atoms with E-state index in [-0.39, 0.29) is 11.7 Å². The minimum absolute atomic E-state index is 0.240. The Labute approximate surface area is 114 Å². The van der Waals surface area contributed by atoms with E-state index in [4.69, 9.17) is 0 Å². The maximum atomic E-state index is 13.0. The molecule has 1 amide bonds. The number of benzene rings is 1. The number of aryl methyl sites for hydroxylation is 1. The third-order valence-corrected chi connectivity index (χ3v) is 3.09. The normalized spacial score (nSPS) is 10.7. The first-order chi connectivity index (χ1) is 9.63. The smallest absolute Gasteiger partial charge is 0.257 e. The van der Waals surface area contributed by atoms with Crippen LogP contribution in [0.15, 0.2) is 48.9 Å². The minimum Gasteiger partial charge on any atom is -0.322 e. The van der Waals surface area contributed by atoms with Crippen LogP contribution in [0, 0.1) is 12.7 Å². The predicted molar refractivity (Wildman–Crippen MR) is 74.3 cm³/mol. The Morgan fingerprint density at radius 1 is 1.30 bits per heavy atom. The SMILES string of the molecule is Cc1cc(F)ccc1NC(=O)c1ccc2nccn2c1. The number of pyridine rings is 1. The summed E-state index contributed by atoms with van der Waals surface area (Å²) < 4.78 is 14.8. The minimum atomic E-state index is -0.319. The quantitative estimate of drug-likeness (QED) is 0.777. The van der Waals surface area contributed by atoms with Crippen LogP contribution in [0.25, 0.3) is 5.65 Å². The molecule has 0 radical (unpaired) electrons. The molecule has 1 aromatic carbocycles. The van der Waals surface area contributed by atoms with Gasteiger partial charge < -0.3 is 9.72 Å². The summed E-state index contributed by atoms with van der Waals surface area (Å²) in [5.74, 6) is -0.560. The average Bonchev–Trinajstić information content (AvgIpc) is 2.89. The molecule has 0 atom stereocenters. The third-order valence-electron chi connectivity index (χ3n) is 3.09. The Morgan fingerprint density at radius 2 is 2.15 bits per heavy atom. The molecule has 1 N–H and O–H groups in total. The molecular weight excluding hydrogens is 257 g/mol. The van der Waals surface area contributed by atoms with Crippen molar-refractivity contribution in [1.29, 1.82) is 0 Å². The van der Waals surface area contributed by atoms with Gasteiger partial charge in [-0.05, 0) is 42.8 Å². The summed E-state index contributed by atoms with van der Waals surface area (Å²) in [6, 6.07) is 7.73. The second kappa shape index (κ2) is 4.77. The molecule has 3 aromatic rings. The van der Waals surface area contributed by atoms with Crippen LogP contribution in [0.4, 0.5) is 10.1 Å². The molecule has 0 aliphatic heterocycles. The molecule has 4 nitrogen and oxygen atoms in total. The van der Waals surface area contributed by atoms with Gasteiger partial charge in [-0.3, -0.25) is 4.79 Å². The number of carbonyl (C=O) groups is 1. The standard InChI is InChI=1S/C15H12FN3O/c1-10-8-12(16)3-4-13(10)18-15(20)11-2-5-14-17-6-7-19(14)9-11/h2-9H,1H3,(H,18,20). The van der Waals surface area contributed by atoms with Crippen molar-refractivity contribution in [2.45, 2.75) is 6.92 Å². The van der Waals surface area contributed by atoms with Gasteiger partial charge in [-0.15, -0.1) is 0 Å². The van der Waals surface area contributed by atoms with Crippen molar-refractivity contribution >= 4 is 17.2 Å². The predicted octanol–water partition coefficient (Wildman–Crippen LogP) is 3.03. The second-order valence-corrected chi connectivity index (χ2v) is 4.52. The van der Waals surface area contributed by atoms with Crippen LogP contribution in [0.5, 0.6) is 0 Å². The summed E-state index contributed by atoms with van der Waals surface area (Å²) >= 11 is 0. The summed E-state index contributed by atoms with van der Waals surface area (Å²) in [7, 11) is 0. The van der Waals surface area contributed by atoms with Gasteiger partial charge in [0.25, 0.3) is 5.91 Å². The summed E-state index contributed by atoms with van der Waals surface area (Å²) in [6.45, 7) is 1.75. The number of anilines is 1. The van der Waals surface area contributed by atoms with Crippen molar-refractivity contribution in [3.05, 3.63) is 65.9 Å². The van der Waals surface area contributed by atoms with E-state index in [2.05, 4.69) is 10.3 Å². The van der Waals surface area contributed by atoms with Crippen LogP contribution in [-0.4, -0.2) is 15.3 Å². The Bertz CT molecular complexity index is 795. The Balaban J connectivity index is 1.88. The molecule has 0 bridgehead atoms. The lowest BCUT2D eigenvalue weighted by Crippen LogP contribution is -2.13. The molecule has 5 heteroatoms. The van der Waals surface area contributed by atoms with Crippen molar-refractivity contribution in [2.75, 3.05) is 5.32 Å². The van der Waals surface area contributed by atoms with E-state index in [0.717, 1.165) is 5.65 Å². The van der Waals surface area contributed by atoms with Gasteiger partial charge in [0.05, 0.1) is 5.56 Å². The maximum absolute atomic E-state index is 13.0. The fourth-order valence-electron chi connectivity index (χ4n) is 2.02. The molecule has 0 saturated heterocycles. The highest BCUT2D eigenvalue weighted by Crippen LogP contribution is 2.17. The molecule has 3 rings (SSSR count). The molecule has 0 spiro atoms. The van der Waals surface area contributed by atoms with Crippen molar-refractivity contribution in [3.8, 4) is 0 Å². The first kappa shape index (κ1) is 12.3. The first-order valence-electron chi connectivity index (χ1n) is 6.14. The van der Waals surface area contributed by atoms with Crippen molar-refractivity contribution in [1.82, 2.24) is 9.38 Å². The van der Waals surface area contributed by atoms with Crippen LogP contribution < -0.4 is 5.32 Å². The topological polar surface area (TPSA) is 46.4 Å². The highest BCUT2D eigenvalue weighted by atomic mass is 19.1. The third kappa shape index (κ3) is 2.25. The zero-order valence-electron chi connectivity index (χ0n) is 10.8.